The molecule has 3 atom stereocenters. The Morgan fingerprint density at radius 2 is 1.60 bits per heavy atom. The molecule has 0 aromatic heterocycles. The smallest absolute Gasteiger partial charge is 0.257 e. The SMILES string of the molecule is Cc1ccc(N(C(=O)C2CC3CCCC3N(C(=O)c3c(C)cccc3F)C2)c2ccc(NC3CCCC3)cc2)cc1P(C)(C)=O. The number of nitrogens with one attached hydrogen (secondary N) is 1. The quantitative estimate of drug-likeness (QED) is 0.269. The van der Waals surface area contributed by atoms with Crippen molar-refractivity contribution in [2.24, 2.45) is 11.8 Å². The fourth-order valence-corrected chi connectivity index (χ4v) is 9.26. The van der Waals surface area contributed by atoms with E-state index in [0.29, 0.717) is 23.7 Å². The lowest BCUT2D eigenvalue weighted by molar-refractivity contribution is -0.124. The summed E-state index contributed by atoms with van der Waals surface area (Å²) in [4.78, 5) is 32.3. The third-order valence-electron chi connectivity index (χ3n) is 10.2. The maximum atomic E-state index is 15.0. The average Bonchev–Trinajstić information content (AvgIpc) is 3.70. The van der Waals surface area contributed by atoms with Gasteiger partial charge in [0.1, 0.15) is 13.0 Å². The van der Waals surface area contributed by atoms with Crippen molar-refractivity contribution in [2.75, 3.05) is 30.1 Å². The molecule has 6 rings (SSSR count). The van der Waals surface area contributed by atoms with Gasteiger partial charge in [-0.1, -0.05) is 37.5 Å². The summed E-state index contributed by atoms with van der Waals surface area (Å²) in [6, 6.07) is 18.9. The Hall–Kier alpha value is -3.44. The number of rotatable bonds is 7. The first-order valence-electron chi connectivity index (χ1n) is 16.4. The van der Waals surface area contributed by atoms with Crippen molar-refractivity contribution in [3.05, 3.63) is 83.2 Å². The fourth-order valence-electron chi connectivity index (χ4n) is 7.89. The molecule has 3 aromatic rings. The third-order valence-corrected chi connectivity index (χ3v) is 11.8. The highest BCUT2D eigenvalue weighted by atomic mass is 31.2. The number of anilines is 3. The van der Waals surface area contributed by atoms with Crippen LogP contribution in [0.4, 0.5) is 21.5 Å². The van der Waals surface area contributed by atoms with Gasteiger partial charge < -0.3 is 14.8 Å². The van der Waals surface area contributed by atoms with Gasteiger partial charge in [-0.2, -0.15) is 0 Å². The Morgan fingerprint density at radius 1 is 0.889 bits per heavy atom. The van der Waals surface area contributed by atoms with Gasteiger partial charge in [-0.3, -0.25) is 14.5 Å². The lowest BCUT2D eigenvalue weighted by atomic mass is 9.83. The molecule has 238 valence electrons. The summed E-state index contributed by atoms with van der Waals surface area (Å²) >= 11 is 0. The normalized spacial score (nSPS) is 21.9. The average molecular weight is 630 g/mol. The molecule has 0 spiro atoms. The number of hydrogen-bond donors (Lipinski definition) is 1. The summed E-state index contributed by atoms with van der Waals surface area (Å²) in [5.74, 6) is -1.23. The van der Waals surface area contributed by atoms with Crippen LogP contribution in [0.5, 0.6) is 0 Å². The van der Waals surface area contributed by atoms with Crippen LogP contribution in [0.25, 0.3) is 0 Å². The number of nitrogens with zero attached hydrogens (tertiary/aromatic N) is 2. The van der Waals surface area contributed by atoms with Crippen LogP contribution < -0.4 is 15.5 Å². The van der Waals surface area contributed by atoms with Gasteiger partial charge in [0.15, 0.2) is 0 Å². The highest BCUT2D eigenvalue weighted by Gasteiger charge is 2.45. The van der Waals surface area contributed by atoms with Crippen LogP contribution in [-0.4, -0.2) is 48.7 Å². The molecule has 1 saturated heterocycles. The summed E-state index contributed by atoms with van der Waals surface area (Å²) in [5.41, 5.74) is 4.05. The van der Waals surface area contributed by atoms with Crippen LogP contribution in [0, 0.1) is 31.5 Å². The summed E-state index contributed by atoms with van der Waals surface area (Å²) in [6.07, 6.45) is 8.29. The standard InChI is InChI=1S/C37H45FN3O3P/c1-24-15-18-31(22-34(24)45(3,4)44)41(30-19-16-29(17-20-30)39-28-11-5-6-12-28)36(42)27-21-26-10-8-14-33(26)40(23-27)37(43)35-25(2)9-7-13-32(35)38/h7,9,13,15-20,22,26-28,33,39H,5-6,8,10-12,14,21,23H2,1-4H3. The zero-order chi connectivity index (χ0) is 31.9. The molecule has 3 aromatic carbocycles. The highest BCUT2D eigenvalue weighted by molar-refractivity contribution is 7.70. The highest BCUT2D eigenvalue weighted by Crippen LogP contribution is 2.43. The molecule has 6 nitrogen and oxygen atoms in total. The van der Waals surface area contributed by atoms with Crippen LogP contribution in [0.2, 0.25) is 0 Å². The first-order valence-corrected chi connectivity index (χ1v) is 19.0. The maximum absolute atomic E-state index is 15.0. The number of fused-ring (bicyclic) bond motifs is 1. The van der Waals surface area contributed by atoms with Gasteiger partial charge in [0.05, 0.1) is 11.5 Å². The third kappa shape index (κ3) is 6.47. The predicted molar refractivity (Wildman–Crippen MR) is 181 cm³/mol. The first kappa shape index (κ1) is 31.5. The Balaban J connectivity index is 1.36. The number of amides is 2. The zero-order valence-corrected chi connectivity index (χ0v) is 27.8. The van der Waals surface area contributed by atoms with Crippen molar-refractivity contribution in [3.63, 3.8) is 0 Å². The van der Waals surface area contributed by atoms with Gasteiger partial charge in [0.25, 0.3) is 5.91 Å². The van der Waals surface area contributed by atoms with Crippen molar-refractivity contribution in [2.45, 2.75) is 77.3 Å². The van der Waals surface area contributed by atoms with E-state index in [4.69, 9.17) is 0 Å². The van der Waals surface area contributed by atoms with E-state index in [1.165, 1.54) is 18.9 Å². The van der Waals surface area contributed by atoms with E-state index in [-0.39, 0.29) is 35.9 Å². The summed E-state index contributed by atoms with van der Waals surface area (Å²) in [6.45, 7) is 7.46. The van der Waals surface area contributed by atoms with E-state index in [1.54, 1.807) is 42.2 Å². The molecule has 3 fully saturated rings. The van der Waals surface area contributed by atoms with Gasteiger partial charge in [0, 0.05) is 41.0 Å². The van der Waals surface area contributed by atoms with Gasteiger partial charge >= 0.3 is 0 Å². The Bertz CT molecular complexity index is 1610. The fraction of sp³-hybridized carbons (Fsp3) is 0.459. The van der Waals surface area contributed by atoms with E-state index < -0.39 is 18.9 Å². The molecule has 3 unspecified atom stereocenters. The second-order valence-electron chi connectivity index (χ2n) is 13.7. The van der Waals surface area contributed by atoms with Gasteiger partial charge in [0.2, 0.25) is 5.91 Å². The number of likely N-dealkylation sites (tertiary alicyclic amines) is 1. The van der Waals surface area contributed by atoms with Crippen LogP contribution in [0.15, 0.2) is 60.7 Å². The lowest BCUT2D eigenvalue weighted by Crippen LogP contribution is -2.53. The van der Waals surface area contributed by atoms with E-state index in [2.05, 4.69) is 5.32 Å². The molecular weight excluding hydrogens is 584 g/mol. The van der Waals surface area contributed by atoms with Crippen LogP contribution in [0.3, 0.4) is 0 Å². The number of piperidine rings is 1. The van der Waals surface area contributed by atoms with Crippen molar-refractivity contribution in [1.82, 2.24) is 4.90 Å². The monoisotopic (exact) mass is 629 g/mol. The number of carbonyl (C=O) groups is 2. The molecule has 2 saturated carbocycles. The van der Waals surface area contributed by atoms with E-state index in [9.17, 15) is 14.2 Å². The van der Waals surface area contributed by atoms with E-state index in [1.807, 2.05) is 49.4 Å². The second-order valence-corrected chi connectivity index (χ2v) is 16.9. The molecule has 1 heterocycles. The van der Waals surface area contributed by atoms with E-state index in [0.717, 1.165) is 54.3 Å². The van der Waals surface area contributed by atoms with Crippen molar-refractivity contribution >= 4 is 41.3 Å². The van der Waals surface area contributed by atoms with Crippen molar-refractivity contribution in [3.8, 4) is 0 Å². The number of halogens is 1. The largest absolute Gasteiger partial charge is 0.382 e. The number of aryl methyl sites for hydroxylation is 2. The van der Waals surface area contributed by atoms with Crippen LogP contribution >= 0.6 is 7.14 Å². The molecule has 0 radical (unpaired) electrons. The molecule has 1 N–H and O–H groups in total. The zero-order valence-electron chi connectivity index (χ0n) is 26.9. The van der Waals surface area contributed by atoms with E-state index >= 15 is 4.39 Å². The van der Waals surface area contributed by atoms with Gasteiger partial charge in [-0.25, -0.2) is 4.39 Å². The summed E-state index contributed by atoms with van der Waals surface area (Å²) in [5, 5.41) is 4.38. The first-order chi connectivity index (χ1) is 21.5. The molecular formula is C37H45FN3O3P. The van der Waals surface area contributed by atoms with Gasteiger partial charge in [-0.05, 0) is 119 Å². The summed E-state index contributed by atoms with van der Waals surface area (Å²) < 4.78 is 28.3. The molecule has 1 aliphatic heterocycles. The molecule has 2 aliphatic carbocycles. The molecule has 45 heavy (non-hydrogen) atoms. The Labute approximate surface area is 266 Å². The predicted octanol–water partition coefficient (Wildman–Crippen LogP) is 8.04. The van der Waals surface area contributed by atoms with Crippen LogP contribution in [0.1, 0.15) is 72.9 Å². The maximum Gasteiger partial charge on any atom is 0.257 e. The minimum atomic E-state index is -2.62. The second kappa shape index (κ2) is 12.7. The molecule has 8 heteroatoms. The van der Waals surface area contributed by atoms with Gasteiger partial charge in [-0.15, -0.1) is 0 Å². The molecule has 0 bridgehead atoms. The molecule has 3 aliphatic rings. The number of carbonyl (C=O) groups excluding carboxylic acids is 2. The summed E-state index contributed by atoms with van der Waals surface area (Å²) in [7, 11) is -2.62. The number of hydrogen-bond acceptors (Lipinski definition) is 4. The van der Waals surface area contributed by atoms with Crippen molar-refractivity contribution < 1.29 is 18.5 Å². The topological polar surface area (TPSA) is 69.7 Å². The lowest BCUT2D eigenvalue weighted by Gasteiger charge is -2.43. The Morgan fingerprint density at radius 3 is 2.29 bits per heavy atom. The Kier molecular flexibility index (Phi) is 8.94. The van der Waals surface area contributed by atoms with Crippen molar-refractivity contribution in [1.29, 1.82) is 0 Å². The van der Waals surface area contributed by atoms with Crippen LogP contribution in [-0.2, 0) is 9.36 Å². The number of benzene rings is 3. The minimum absolute atomic E-state index is 0.00647. The minimum Gasteiger partial charge on any atom is -0.382 e. The molecule has 2 amide bonds.